The van der Waals surface area contributed by atoms with E-state index in [1.807, 2.05) is 53.5 Å². The van der Waals surface area contributed by atoms with Gasteiger partial charge in [-0.25, -0.2) is 4.68 Å². The Hall–Kier alpha value is -1.83. The minimum atomic E-state index is 1.06. The van der Waals surface area contributed by atoms with Crippen molar-refractivity contribution in [3.8, 4) is 5.69 Å². The number of hydrogen-bond donors (Lipinski definition) is 0. The molecule has 2 nitrogen and oxygen atoms in total. The van der Waals surface area contributed by atoms with Crippen LogP contribution in [-0.4, -0.2) is 9.78 Å². The molecule has 1 radical (unpaired) electrons. The molecule has 0 N–H and O–H groups in total. The number of allylic oxidation sites excluding steroid dienone is 1. The molecule has 2 aromatic rings. The zero-order valence-corrected chi connectivity index (χ0v) is 7.80. The van der Waals surface area contributed by atoms with Gasteiger partial charge in [0, 0.05) is 11.8 Å². The summed E-state index contributed by atoms with van der Waals surface area (Å²) in [6.45, 7) is 3.65. The van der Waals surface area contributed by atoms with Gasteiger partial charge in [0.15, 0.2) is 0 Å². The van der Waals surface area contributed by atoms with Crippen LogP contribution in [0.25, 0.3) is 11.8 Å². The maximum Gasteiger partial charge on any atom is 0.0645 e. The van der Waals surface area contributed by atoms with Gasteiger partial charge < -0.3 is 0 Å². The lowest BCUT2D eigenvalue weighted by molar-refractivity contribution is 0.880. The molecule has 0 bridgehead atoms. The number of rotatable bonds is 2. The Morgan fingerprint density at radius 3 is 2.71 bits per heavy atom. The summed E-state index contributed by atoms with van der Waals surface area (Å²) in [6.07, 6.45) is 7.46. The molecular weight excluding hydrogens is 172 g/mol. The van der Waals surface area contributed by atoms with E-state index in [0.717, 1.165) is 11.3 Å². The monoisotopic (exact) mass is 183 g/mol. The highest BCUT2D eigenvalue weighted by atomic mass is 15.3. The summed E-state index contributed by atoms with van der Waals surface area (Å²) in [5, 5.41) is 4.24. The van der Waals surface area contributed by atoms with Gasteiger partial charge in [-0.2, -0.15) is 5.10 Å². The van der Waals surface area contributed by atoms with Gasteiger partial charge >= 0.3 is 0 Å². The van der Waals surface area contributed by atoms with Crippen molar-refractivity contribution in [3.63, 3.8) is 0 Å². The Morgan fingerprint density at radius 1 is 1.21 bits per heavy atom. The minimum absolute atomic E-state index is 1.06. The predicted octanol–water partition coefficient (Wildman–Crippen LogP) is 2.72. The van der Waals surface area contributed by atoms with Crippen LogP contribution in [0.4, 0.5) is 0 Å². The third-order valence-electron chi connectivity index (χ3n) is 1.93. The molecule has 0 unspecified atom stereocenters. The van der Waals surface area contributed by atoms with Gasteiger partial charge in [0.1, 0.15) is 0 Å². The molecule has 1 heterocycles. The molecule has 1 aromatic heterocycles. The summed E-state index contributed by atoms with van der Waals surface area (Å²) in [5.74, 6) is 0. The Bertz CT molecular complexity index is 427. The first-order valence-corrected chi connectivity index (χ1v) is 4.46. The van der Waals surface area contributed by atoms with E-state index in [-0.39, 0.29) is 0 Å². The van der Waals surface area contributed by atoms with Crippen molar-refractivity contribution < 1.29 is 0 Å². The molecule has 2 rings (SSSR count). The van der Waals surface area contributed by atoms with E-state index in [0.29, 0.717) is 0 Å². The van der Waals surface area contributed by atoms with Crippen molar-refractivity contribution in [1.82, 2.24) is 9.78 Å². The zero-order chi connectivity index (χ0) is 9.80. The quantitative estimate of drug-likeness (QED) is 0.700. The minimum Gasteiger partial charge on any atom is -0.240 e. The van der Waals surface area contributed by atoms with Gasteiger partial charge in [-0.3, -0.25) is 0 Å². The second kappa shape index (κ2) is 3.92. The van der Waals surface area contributed by atoms with E-state index in [4.69, 9.17) is 0 Å². The number of hydrogen-bond acceptors (Lipinski definition) is 1. The molecule has 1 aromatic carbocycles. The fourth-order valence-electron chi connectivity index (χ4n) is 1.28. The highest BCUT2D eigenvalue weighted by Gasteiger charge is 1.96. The topological polar surface area (TPSA) is 17.8 Å². The van der Waals surface area contributed by atoms with Crippen LogP contribution in [0.3, 0.4) is 0 Å². The summed E-state index contributed by atoms with van der Waals surface area (Å²) < 4.78 is 1.84. The van der Waals surface area contributed by atoms with E-state index in [1.54, 1.807) is 6.08 Å². The van der Waals surface area contributed by atoms with Gasteiger partial charge in [-0.1, -0.05) is 30.4 Å². The first-order chi connectivity index (χ1) is 6.90. The van der Waals surface area contributed by atoms with Crippen molar-refractivity contribution in [2.75, 3.05) is 0 Å². The van der Waals surface area contributed by atoms with Crippen LogP contribution in [0.1, 0.15) is 5.56 Å². The number of para-hydroxylation sites is 1. The van der Waals surface area contributed by atoms with Crippen molar-refractivity contribution in [2.45, 2.75) is 0 Å². The molecule has 0 spiro atoms. The fourth-order valence-corrected chi connectivity index (χ4v) is 1.28. The number of nitrogens with zero attached hydrogens (tertiary/aromatic N) is 2. The first kappa shape index (κ1) is 8.75. The average Bonchev–Trinajstić information content (AvgIpc) is 2.68. The normalized spacial score (nSPS) is 10.9. The number of benzene rings is 1. The Morgan fingerprint density at radius 2 is 2.00 bits per heavy atom. The van der Waals surface area contributed by atoms with Crippen LogP contribution in [0.2, 0.25) is 0 Å². The van der Waals surface area contributed by atoms with Crippen molar-refractivity contribution in [3.05, 3.63) is 61.3 Å². The maximum absolute atomic E-state index is 4.24. The zero-order valence-electron chi connectivity index (χ0n) is 7.80. The summed E-state index contributed by atoms with van der Waals surface area (Å²) in [6, 6.07) is 10.0. The summed E-state index contributed by atoms with van der Waals surface area (Å²) >= 11 is 0. The van der Waals surface area contributed by atoms with Crippen molar-refractivity contribution in [1.29, 1.82) is 0 Å². The lowest BCUT2D eigenvalue weighted by Gasteiger charge is -1.98. The Kier molecular flexibility index (Phi) is 2.45. The molecule has 0 aliphatic carbocycles. The largest absolute Gasteiger partial charge is 0.240 e. The summed E-state index contributed by atoms with van der Waals surface area (Å²) in [4.78, 5) is 0. The van der Waals surface area contributed by atoms with E-state index < -0.39 is 0 Å². The SMILES string of the molecule is [CH2]/C=C/c1cnn(-c2ccccc2)c1. The Balaban J connectivity index is 2.34. The smallest absolute Gasteiger partial charge is 0.0645 e. The molecule has 0 fully saturated rings. The molecule has 0 saturated heterocycles. The molecule has 14 heavy (non-hydrogen) atoms. The molecule has 2 heteroatoms. The second-order valence-corrected chi connectivity index (χ2v) is 2.96. The fraction of sp³-hybridized carbons (Fsp3) is 0. The van der Waals surface area contributed by atoms with Crippen LogP contribution in [0.15, 0.2) is 48.8 Å². The third-order valence-corrected chi connectivity index (χ3v) is 1.93. The molecule has 0 amide bonds. The van der Waals surface area contributed by atoms with Crippen molar-refractivity contribution >= 4 is 6.08 Å². The van der Waals surface area contributed by atoms with E-state index in [2.05, 4.69) is 12.0 Å². The van der Waals surface area contributed by atoms with Gasteiger partial charge in [-0.15, -0.1) is 0 Å². The lowest BCUT2D eigenvalue weighted by Crippen LogP contribution is -1.92. The van der Waals surface area contributed by atoms with Crippen LogP contribution in [-0.2, 0) is 0 Å². The van der Waals surface area contributed by atoms with Gasteiger partial charge in [0.25, 0.3) is 0 Å². The highest BCUT2D eigenvalue weighted by Crippen LogP contribution is 2.08. The van der Waals surface area contributed by atoms with Gasteiger partial charge in [0.2, 0.25) is 0 Å². The van der Waals surface area contributed by atoms with E-state index in [1.165, 1.54) is 0 Å². The highest BCUT2D eigenvalue weighted by molar-refractivity contribution is 5.48. The van der Waals surface area contributed by atoms with E-state index in [9.17, 15) is 0 Å². The molecule has 0 saturated carbocycles. The van der Waals surface area contributed by atoms with Crippen LogP contribution in [0.5, 0.6) is 0 Å². The number of aromatic nitrogens is 2. The molecule has 0 aliphatic rings. The predicted molar refractivity (Wildman–Crippen MR) is 58.0 cm³/mol. The van der Waals surface area contributed by atoms with Crippen LogP contribution in [0, 0.1) is 6.92 Å². The Labute approximate surface area is 83.5 Å². The standard InChI is InChI=1S/C12H11N2/c1-2-6-11-9-13-14(10-11)12-7-4-3-5-8-12/h2-10H,1H2/b6-2+. The van der Waals surface area contributed by atoms with Gasteiger partial charge in [-0.05, 0) is 19.1 Å². The van der Waals surface area contributed by atoms with Crippen LogP contribution >= 0.6 is 0 Å². The summed E-state index contributed by atoms with van der Waals surface area (Å²) in [5.41, 5.74) is 2.13. The lowest BCUT2D eigenvalue weighted by atomic mass is 10.3. The average molecular weight is 183 g/mol. The maximum atomic E-state index is 4.24. The first-order valence-electron chi connectivity index (χ1n) is 4.46. The van der Waals surface area contributed by atoms with Crippen LogP contribution < -0.4 is 0 Å². The second-order valence-electron chi connectivity index (χ2n) is 2.96. The third kappa shape index (κ3) is 1.74. The molecule has 0 aliphatic heterocycles. The van der Waals surface area contributed by atoms with Crippen molar-refractivity contribution in [2.24, 2.45) is 0 Å². The van der Waals surface area contributed by atoms with E-state index >= 15 is 0 Å². The van der Waals surface area contributed by atoms with Gasteiger partial charge in [0.05, 0.1) is 11.9 Å². The summed E-state index contributed by atoms with van der Waals surface area (Å²) in [7, 11) is 0. The molecular formula is C12H11N2. The molecule has 69 valence electrons. The molecule has 0 atom stereocenters.